The van der Waals surface area contributed by atoms with Crippen molar-refractivity contribution in [3.63, 3.8) is 0 Å². The molecule has 0 spiro atoms. The second-order valence-electron chi connectivity index (χ2n) is 4.34. The third-order valence-corrected chi connectivity index (χ3v) is 2.98. The zero-order chi connectivity index (χ0) is 14.7. The van der Waals surface area contributed by atoms with E-state index in [0.717, 1.165) is 0 Å². The summed E-state index contributed by atoms with van der Waals surface area (Å²) in [5.74, 6) is 0.190. The van der Waals surface area contributed by atoms with Crippen LogP contribution in [0.2, 0.25) is 0 Å². The number of fused-ring (bicyclic) bond motifs is 1. The van der Waals surface area contributed by atoms with E-state index in [0.29, 0.717) is 22.6 Å². The summed E-state index contributed by atoms with van der Waals surface area (Å²) < 4.78 is 10.3. The summed E-state index contributed by atoms with van der Waals surface area (Å²) >= 11 is 0. The van der Waals surface area contributed by atoms with Crippen molar-refractivity contribution >= 4 is 22.6 Å². The maximum absolute atomic E-state index is 12.2. The van der Waals surface area contributed by atoms with Crippen LogP contribution in [0, 0.1) is 0 Å². The first-order chi connectivity index (χ1) is 10.3. The zero-order valence-corrected chi connectivity index (χ0v) is 11.3. The molecule has 3 heterocycles. The van der Waals surface area contributed by atoms with E-state index >= 15 is 0 Å². The standard InChI is InChI=1S/C15H13N3O3/c1-20-13-6-5-10-14(18-13)11(7-8-16-10)17-15(19)12-4-2-3-9-21-12/h2-9,12H,1H3,(H,16,17,19). The van der Waals surface area contributed by atoms with Gasteiger partial charge in [-0.2, -0.15) is 0 Å². The van der Waals surface area contributed by atoms with Crippen LogP contribution in [-0.4, -0.2) is 29.1 Å². The molecule has 1 N–H and O–H groups in total. The van der Waals surface area contributed by atoms with Gasteiger partial charge in [0.25, 0.3) is 5.91 Å². The molecule has 106 valence electrons. The summed E-state index contributed by atoms with van der Waals surface area (Å²) in [6.07, 6.45) is 7.60. The van der Waals surface area contributed by atoms with Crippen LogP contribution in [-0.2, 0) is 9.53 Å². The van der Waals surface area contributed by atoms with Crippen molar-refractivity contribution in [2.45, 2.75) is 6.10 Å². The highest BCUT2D eigenvalue weighted by Crippen LogP contribution is 2.22. The largest absolute Gasteiger partial charge is 0.484 e. The van der Waals surface area contributed by atoms with Crippen LogP contribution in [0.15, 0.2) is 48.9 Å². The number of pyridine rings is 2. The minimum absolute atomic E-state index is 0.271. The number of carbonyl (C=O) groups is 1. The van der Waals surface area contributed by atoms with E-state index in [1.165, 1.54) is 13.4 Å². The van der Waals surface area contributed by atoms with Crippen molar-refractivity contribution in [2.75, 3.05) is 12.4 Å². The van der Waals surface area contributed by atoms with Gasteiger partial charge in [-0.3, -0.25) is 9.78 Å². The van der Waals surface area contributed by atoms with Gasteiger partial charge in [0.05, 0.1) is 24.6 Å². The number of allylic oxidation sites excluding steroid dienone is 2. The third kappa shape index (κ3) is 2.69. The lowest BCUT2D eigenvalue weighted by atomic mass is 10.2. The summed E-state index contributed by atoms with van der Waals surface area (Å²) in [6.45, 7) is 0. The smallest absolute Gasteiger partial charge is 0.269 e. The number of nitrogens with zero attached hydrogens (tertiary/aromatic N) is 2. The fraction of sp³-hybridized carbons (Fsp3) is 0.133. The molecule has 6 heteroatoms. The van der Waals surface area contributed by atoms with Crippen LogP contribution >= 0.6 is 0 Å². The molecular weight excluding hydrogens is 270 g/mol. The van der Waals surface area contributed by atoms with Gasteiger partial charge in [-0.25, -0.2) is 4.98 Å². The molecule has 2 aromatic rings. The first-order valence-electron chi connectivity index (χ1n) is 6.37. The topological polar surface area (TPSA) is 73.3 Å². The monoisotopic (exact) mass is 283 g/mol. The highest BCUT2D eigenvalue weighted by molar-refractivity contribution is 6.01. The molecule has 1 unspecified atom stereocenters. The van der Waals surface area contributed by atoms with Gasteiger partial charge in [0.15, 0.2) is 6.10 Å². The van der Waals surface area contributed by atoms with E-state index in [1.807, 2.05) is 0 Å². The average molecular weight is 283 g/mol. The Bertz CT molecular complexity index is 740. The van der Waals surface area contributed by atoms with Crippen LogP contribution in [0.25, 0.3) is 11.0 Å². The van der Waals surface area contributed by atoms with Gasteiger partial charge in [-0.1, -0.05) is 6.08 Å². The maximum Gasteiger partial charge on any atom is 0.269 e. The van der Waals surface area contributed by atoms with E-state index in [9.17, 15) is 4.79 Å². The van der Waals surface area contributed by atoms with E-state index in [2.05, 4.69) is 15.3 Å². The van der Waals surface area contributed by atoms with Crippen LogP contribution < -0.4 is 10.1 Å². The molecule has 1 atom stereocenters. The number of hydrogen-bond acceptors (Lipinski definition) is 5. The maximum atomic E-state index is 12.2. The Labute approximate surface area is 121 Å². The minimum atomic E-state index is -0.649. The fourth-order valence-electron chi connectivity index (χ4n) is 1.96. The van der Waals surface area contributed by atoms with Crippen molar-refractivity contribution in [1.82, 2.24) is 9.97 Å². The lowest BCUT2D eigenvalue weighted by Gasteiger charge is -2.15. The predicted molar refractivity (Wildman–Crippen MR) is 77.9 cm³/mol. The summed E-state index contributed by atoms with van der Waals surface area (Å²) in [5, 5.41) is 2.80. The Morgan fingerprint density at radius 1 is 1.33 bits per heavy atom. The van der Waals surface area contributed by atoms with Crippen LogP contribution in [0.5, 0.6) is 5.88 Å². The number of ether oxygens (including phenoxy) is 2. The van der Waals surface area contributed by atoms with Crippen LogP contribution in [0.3, 0.4) is 0 Å². The molecule has 1 aliphatic heterocycles. The second-order valence-corrected chi connectivity index (χ2v) is 4.34. The Morgan fingerprint density at radius 2 is 2.24 bits per heavy atom. The molecule has 0 aromatic carbocycles. The van der Waals surface area contributed by atoms with Gasteiger partial charge in [0, 0.05) is 12.3 Å². The second kappa shape index (κ2) is 5.62. The number of nitrogens with one attached hydrogen (secondary N) is 1. The molecule has 1 amide bonds. The third-order valence-electron chi connectivity index (χ3n) is 2.98. The predicted octanol–water partition coefficient (Wildman–Crippen LogP) is 2.05. The first-order valence-corrected chi connectivity index (χ1v) is 6.37. The van der Waals surface area contributed by atoms with E-state index in [-0.39, 0.29) is 5.91 Å². The fourth-order valence-corrected chi connectivity index (χ4v) is 1.96. The SMILES string of the molecule is COc1ccc2nccc(NC(=O)C3C=CC=CO3)c2n1. The first kappa shape index (κ1) is 13.1. The lowest BCUT2D eigenvalue weighted by Crippen LogP contribution is -2.28. The van der Waals surface area contributed by atoms with Gasteiger partial charge in [0.2, 0.25) is 5.88 Å². The number of anilines is 1. The minimum Gasteiger partial charge on any atom is -0.484 e. The van der Waals surface area contributed by atoms with Gasteiger partial charge in [-0.05, 0) is 24.3 Å². The van der Waals surface area contributed by atoms with Crippen LogP contribution in [0.4, 0.5) is 5.69 Å². The quantitative estimate of drug-likeness (QED) is 0.933. The summed E-state index contributed by atoms with van der Waals surface area (Å²) in [4.78, 5) is 20.7. The van der Waals surface area contributed by atoms with Crippen molar-refractivity contribution in [1.29, 1.82) is 0 Å². The van der Waals surface area contributed by atoms with Gasteiger partial charge < -0.3 is 14.8 Å². The van der Waals surface area contributed by atoms with Gasteiger partial charge >= 0.3 is 0 Å². The Kier molecular flexibility index (Phi) is 3.51. The van der Waals surface area contributed by atoms with Gasteiger partial charge in [0.1, 0.15) is 5.52 Å². The number of hydrogen-bond donors (Lipinski definition) is 1. The van der Waals surface area contributed by atoms with Crippen molar-refractivity contribution in [2.24, 2.45) is 0 Å². The van der Waals surface area contributed by atoms with E-state index in [4.69, 9.17) is 9.47 Å². The highest BCUT2D eigenvalue weighted by atomic mass is 16.5. The van der Waals surface area contributed by atoms with E-state index < -0.39 is 6.10 Å². The molecular formula is C15H13N3O3. The number of carbonyl (C=O) groups excluding carboxylic acids is 1. The van der Waals surface area contributed by atoms with Crippen molar-refractivity contribution in [3.8, 4) is 5.88 Å². The molecule has 3 rings (SSSR count). The summed E-state index contributed by atoms with van der Waals surface area (Å²) in [5.41, 5.74) is 1.81. The average Bonchev–Trinajstić information content (AvgIpc) is 2.55. The number of rotatable bonds is 3. The Hall–Kier alpha value is -2.89. The van der Waals surface area contributed by atoms with Crippen molar-refractivity contribution < 1.29 is 14.3 Å². The normalized spacial score (nSPS) is 16.5. The molecule has 0 fully saturated rings. The van der Waals surface area contributed by atoms with E-state index in [1.54, 1.807) is 42.6 Å². The molecule has 21 heavy (non-hydrogen) atoms. The van der Waals surface area contributed by atoms with Crippen LogP contribution in [0.1, 0.15) is 0 Å². The molecule has 2 aromatic heterocycles. The number of aromatic nitrogens is 2. The lowest BCUT2D eigenvalue weighted by molar-refractivity contribution is -0.122. The molecule has 0 aliphatic carbocycles. The summed E-state index contributed by atoms with van der Waals surface area (Å²) in [7, 11) is 1.54. The molecule has 0 bridgehead atoms. The molecule has 0 radical (unpaired) electrons. The Balaban J connectivity index is 1.91. The molecule has 1 aliphatic rings. The number of amides is 1. The van der Waals surface area contributed by atoms with Gasteiger partial charge in [-0.15, -0.1) is 0 Å². The zero-order valence-electron chi connectivity index (χ0n) is 11.3. The molecule has 0 saturated carbocycles. The molecule has 0 saturated heterocycles. The molecule has 6 nitrogen and oxygen atoms in total. The Morgan fingerprint density at radius 3 is 3.00 bits per heavy atom. The summed E-state index contributed by atoms with van der Waals surface area (Å²) in [6, 6.07) is 5.20. The number of methoxy groups -OCH3 is 1. The van der Waals surface area contributed by atoms with Crippen molar-refractivity contribution in [3.05, 3.63) is 48.9 Å². The highest BCUT2D eigenvalue weighted by Gasteiger charge is 2.18.